The highest BCUT2D eigenvalue weighted by molar-refractivity contribution is 6.01. The van der Waals surface area contributed by atoms with Crippen molar-refractivity contribution in [1.29, 1.82) is 0 Å². The van der Waals surface area contributed by atoms with Crippen molar-refractivity contribution in [2.45, 2.75) is 6.42 Å². The Kier molecular flexibility index (Phi) is 4.13. The maximum absolute atomic E-state index is 4.59. The molecule has 2 heteroatoms. The van der Waals surface area contributed by atoms with E-state index in [0.717, 1.165) is 12.1 Å². The minimum absolute atomic E-state index is 0.850. The summed E-state index contributed by atoms with van der Waals surface area (Å²) in [7, 11) is 3.90. The van der Waals surface area contributed by atoms with E-state index in [1.807, 2.05) is 43.4 Å². The van der Waals surface area contributed by atoms with Crippen molar-refractivity contribution >= 4 is 5.71 Å². The van der Waals surface area contributed by atoms with E-state index < -0.39 is 0 Å². The molecule has 0 saturated heterocycles. The number of hydrazone groups is 1. The lowest BCUT2D eigenvalue weighted by Gasteiger charge is -2.11. The van der Waals surface area contributed by atoms with Crippen LogP contribution in [0.3, 0.4) is 0 Å². The number of nitrogens with zero attached hydrogens (tertiary/aromatic N) is 2. The Morgan fingerprint density at radius 1 is 0.889 bits per heavy atom. The second-order valence-corrected chi connectivity index (χ2v) is 4.42. The van der Waals surface area contributed by atoms with E-state index in [4.69, 9.17) is 0 Å². The first kappa shape index (κ1) is 12.4. The van der Waals surface area contributed by atoms with Gasteiger partial charge in [0, 0.05) is 20.5 Å². The average molecular weight is 238 g/mol. The monoisotopic (exact) mass is 238 g/mol. The van der Waals surface area contributed by atoms with Crippen LogP contribution in [0.15, 0.2) is 65.8 Å². The molecule has 0 spiro atoms. The van der Waals surface area contributed by atoms with Gasteiger partial charge in [-0.25, -0.2) is 0 Å². The lowest BCUT2D eigenvalue weighted by atomic mass is 10.0. The van der Waals surface area contributed by atoms with Crippen LogP contribution in [0.4, 0.5) is 0 Å². The first-order valence-electron chi connectivity index (χ1n) is 6.10. The Balaban J connectivity index is 2.28. The summed E-state index contributed by atoms with van der Waals surface area (Å²) in [6, 6.07) is 20.8. The van der Waals surface area contributed by atoms with E-state index in [0.29, 0.717) is 0 Å². The summed E-state index contributed by atoms with van der Waals surface area (Å²) in [5.41, 5.74) is 3.55. The number of benzene rings is 2. The van der Waals surface area contributed by atoms with Crippen LogP contribution >= 0.6 is 0 Å². The maximum atomic E-state index is 4.59. The van der Waals surface area contributed by atoms with Crippen LogP contribution in [0.1, 0.15) is 11.1 Å². The van der Waals surface area contributed by atoms with Gasteiger partial charge in [0.25, 0.3) is 0 Å². The van der Waals surface area contributed by atoms with Crippen LogP contribution in [-0.4, -0.2) is 24.8 Å². The van der Waals surface area contributed by atoms with E-state index in [-0.39, 0.29) is 0 Å². The van der Waals surface area contributed by atoms with Gasteiger partial charge in [0.05, 0.1) is 5.71 Å². The molecule has 0 unspecified atom stereocenters. The fourth-order valence-corrected chi connectivity index (χ4v) is 1.86. The predicted octanol–water partition coefficient (Wildman–Crippen LogP) is 3.20. The van der Waals surface area contributed by atoms with Gasteiger partial charge in [-0.15, -0.1) is 0 Å². The Morgan fingerprint density at radius 3 is 2.00 bits per heavy atom. The Labute approximate surface area is 109 Å². The molecule has 0 aromatic heterocycles. The van der Waals surface area contributed by atoms with Gasteiger partial charge in [-0.3, -0.25) is 0 Å². The fourth-order valence-electron chi connectivity index (χ4n) is 1.86. The predicted molar refractivity (Wildman–Crippen MR) is 76.8 cm³/mol. The summed E-state index contributed by atoms with van der Waals surface area (Å²) in [5.74, 6) is 0. The summed E-state index contributed by atoms with van der Waals surface area (Å²) in [6.07, 6.45) is 0.850. The van der Waals surface area contributed by atoms with Crippen LogP contribution in [-0.2, 0) is 6.42 Å². The zero-order chi connectivity index (χ0) is 12.8. The molecule has 2 rings (SSSR count). The molecule has 0 atom stereocenters. The summed E-state index contributed by atoms with van der Waals surface area (Å²) in [5, 5.41) is 6.44. The lowest BCUT2D eigenvalue weighted by Crippen LogP contribution is -2.12. The molecule has 0 aliphatic heterocycles. The van der Waals surface area contributed by atoms with Gasteiger partial charge in [0.15, 0.2) is 0 Å². The molecule has 0 bridgehead atoms. The molecule has 0 radical (unpaired) electrons. The largest absolute Gasteiger partial charge is 0.303 e. The van der Waals surface area contributed by atoms with Crippen LogP contribution < -0.4 is 0 Å². The third kappa shape index (κ3) is 3.45. The van der Waals surface area contributed by atoms with E-state index in [1.54, 1.807) is 0 Å². The maximum Gasteiger partial charge on any atom is 0.0721 e. The summed E-state index contributed by atoms with van der Waals surface area (Å²) in [6.45, 7) is 0. The Hall–Kier alpha value is -2.09. The van der Waals surface area contributed by atoms with E-state index in [2.05, 4.69) is 41.5 Å². The number of hydrogen-bond acceptors (Lipinski definition) is 2. The van der Waals surface area contributed by atoms with Gasteiger partial charge < -0.3 is 5.01 Å². The highest BCUT2D eigenvalue weighted by atomic mass is 15.4. The SMILES string of the molecule is CN(C)/N=C(/Cc1ccccc1)c1ccccc1. The quantitative estimate of drug-likeness (QED) is 0.590. The summed E-state index contributed by atoms with van der Waals surface area (Å²) >= 11 is 0. The third-order valence-corrected chi connectivity index (χ3v) is 2.64. The average Bonchev–Trinajstić information content (AvgIpc) is 2.40. The molecule has 2 nitrogen and oxygen atoms in total. The Bertz CT molecular complexity index is 501. The smallest absolute Gasteiger partial charge is 0.0721 e. The molecule has 0 aliphatic rings. The molecule has 0 saturated carbocycles. The van der Waals surface area contributed by atoms with Gasteiger partial charge >= 0.3 is 0 Å². The molecule has 0 fully saturated rings. The fraction of sp³-hybridized carbons (Fsp3) is 0.188. The van der Waals surface area contributed by atoms with Gasteiger partial charge in [-0.1, -0.05) is 60.7 Å². The zero-order valence-electron chi connectivity index (χ0n) is 10.9. The normalized spacial score (nSPS) is 11.3. The minimum atomic E-state index is 0.850. The summed E-state index contributed by atoms with van der Waals surface area (Å²) in [4.78, 5) is 0. The first-order valence-corrected chi connectivity index (χ1v) is 6.10. The molecular weight excluding hydrogens is 220 g/mol. The van der Waals surface area contributed by atoms with Gasteiger partial charge in [0.2, 0.25) is 0 Å². The second kappa shape index (κ2) is 6.01. The van der Waals surface area contributed by atoms with Crippen molar-refractivity contribution in [3.63, 3.8) is 0 Å². The van der Waals surface area contributed by atoms with Crippen molar-refractivity contribution in [2.24, 2.45) is 5.10 Å². The zero-order valence-corrected chi connectivity index (χ0v) is 10.9. The molecule has 2 aromatic rings. The topological polar surface area (TPSA) is 15.6 Å². The van der Waals surface area contributed by atoms with Gasteiger partial charge in [-0.05, 0) is 11.1 Å². The molecule has 0 amide bonds. The molecule has 18 heavy (non-hydrogen) atoms. The van der Waals surface area contributed by atoms with Crippen molar-refractivity contribution in [1.82, 2.24) is 5.01 Å². The number of rotatable bonds is 4. The van der Waals surface area contributed by atoms with E-state index >= 15 is 0 Å². The van der Waals surface area contributed by atoms with Crippen LogP contribution in [0, 0.1) is 0 Å². The Morgan fingerprint density at radius 2 is 1.44 bits per heavy atom. The molecule has 0 heterocycles. The van der Waals surface area contributed by atoms with E-state index in [1.165, 1.54) is 11.1 Å². The van der Waals surface area contributed by atoms with Crippen LogP contribution in [0.5, 0.6) is 0 Å². The standard InChI is InChI=1S/C16H18N2/c1-18(2)17-16(15-11-7-4-8-12-15)13-14-9-5-3-6-10-14/h3-12H,13H2,1-2H3/b17-16-. The lowest BCUT2D eigenvalue weighted by molar-refractivity contribution is 0.437. The summed E-state index contributed by atoms with van der Waals surface area (Å²) < 4.78 is 0. The minimum Gasteiger partial charge on any atom is -0.303 e. The second-order valence-electron chi connectivity index (χ2n) is 4.42. The van der Waals surface area contributed by atoms with Crippen molar-refractivity contribution in [3.8, 4) is 0 Å². The molecule has 0 aliphatic carbocycles. The van der Waals surface area contributed by atoms with Crippen molar-refractivity contribution in [3.05, 3.63) is 71.8 Å². The van der Waals surface area contributed by atoms with Crippen molar-refractivity contribution < 1.29 is 0 Å². The molecule has 0 N–H and O–H groups in total. The highest BCUT2D eigenvalue weighted by Crippen LogP contribution is 2.09. The van der Waals surface area contributed by atoms with E-state index in [9.17, 15) is 0 Å². The first-order chi connectivity index (χ1) is 8.75. The van der Waals surface area contributed by atoms with Gasteiger partial charge in [-0.2, -0.15) is 5.10 Å². The van der Waals surface area contributed by atoms with Gasteiger partial charge in [0.1, 0.15) is 0 Å². The molecular formula is C16H18N2. The van der Waals surface area contributed by atoms with Crippen molar-refractivity contribution in [2.75, 3.05) is 14.1 Å². The van der Waals surface area contributed by atoms with Crippen LogP contribution in [0.2, 0.25) is 0 Å². The third-order valence-electron chi connectivity index (χ3n) is 2.64. The molecule has 2 aromatic carbocycles. The number of hydrogen-bond donors (Lipinski definition) is 0. The highest BCUT2D eigenvalue weighted by Gasteiger charge is 2.05. The molecule has 92 valence electrons. The van der Waals surface area contributed by atoms with Crippen LogP contribution in [0.25, 0.3) is 0 Å².